The quantitative estimate of drug-likeness (QED) is 0.318. The second-order valence-corrected chi connectivity index (χ2v) is 8.54. The molecule has 0 spiro atoms. The van der Waals surface area contributed by atoms with Crippen LogP contribution in [-0.4, -0.2) is 69.0 Å². The summed E-state index contributed by atoms with van der Waals surface area (Å²) >= 11 is 0. The number of carbonyl (C=O) groups is 3. The third-order valence-electron chi connectivity index (χ3n) is 5.42. The average Bonchev–Trinajstić information content (AvgIpc) is 3.34. The van der Waals surface area contributed by atoms with Gasteiger partial charge in [0.05, 0.1) is 36.2 Å². The van der Waals surface area contributed by atoms with Crippen LogP contribution in [0.5, 0.6) is 5.75 Å². The Labute approximate surface area is 212 Å². The van der Waals surface area contributed by atoms with E-state index >= 15 is 0 Å². The molecule has 0 aliphatic carbocycles. The summed E-state index contributed by atoms with van der Waals surface area (Å²) in [5, 5.41) is 28.4. The van der Waals surface area contributed by atoms with Crippen molar-refractivity contribution in [2.24, 2.45) is 5.92 Å². The minimum absolute atomic E-state index is 0.00349. The highest BCUT2D eigenvalue weighted by molar-refractivity contribution is 5.95. The predicted molar refractivity (Wildman–Crippen MR) is 132 cm³/mol. The maximum Gasteiger partial charge on any atom is 0.416 e. The molecule has 1 aliphatic heterocycles. The van der Waals surface area contributed by atoms with Crippen molar-refractivity contribution >= 4 is 29.5 Å². The van der Waals surface area contributed by atoms with Gasteiger partial charge in [-0.05, 0) is 18.2 Å². The summed E-state index contributed by atoms with van der Waals surface area (Å²) in [6.45, 7) is 6.08. The number of hydrogen-bond acceptors (Lipinski definition) is 10. The van der Waals surface area contributed by atoms with Gasteiger partial charge in [-0.2, -0.15) is 5.10 Å². The first-order chi connectivity index (χ1) is 17.7. The number of phenolic OH excluding ortho intramolecular Hbond substituents is 1. The van der Waals surface area contributed by atoms with Crippen molar-refractivity contribution in [3.8, 4) is 22.7 Å². The van der Waals surface area contributed by atoms with Crippen LogP contribution in [-0.2, 0) is 19.1 Å². The number of para-hydroxylation sites is 1. The molecule has 13 nitrogen and oxygen atoms in total. The highest BCUT2D eigenvalue weighted by atomic mass is 16.7. The van der Waals surface area contributed by atoms with Crippen molar-refractivity contribution in [2.75, 3.05) is 29.9 Å². The number of phenols is 1. The highest BCUT2D eigenvalue weighted by Crippen LogP contribution is 2.30. The van der Waals surface area contributed by atoms with Crippen LogP contribution in [0.2, 0.25) is 0 Å². The molecule has 0 saturated carbocycles. The maximum atomic E-state index is 12.5. The third-order valence-corrected chi connectivity index (χ3v) is 5.42. The molecule has 1 fully saturated rings. The third kappa shape index (κ3) is 6.01. The topological polar surface area (TPSA) is 161 Å². The van der Waals surface area contributed by atoms with E-state index in [1.165, 1.54) is 23.9 Å². The molecule has 2 amide bonds. The number of carbonyl (C=O) groups excluding carboxylic acids is 3. The lowest BCUT2D eigenvalue weighted by Gasteiger charge is -2.25. The number of ether oxygens (including phenoxy) is 2. The van der Waals surface area contributed by atoms with Gasteiger partial charge < -0.3 is 24.8 Å². The van der Waals surface area contributed by atoms with E-state index in [4.69, 9.17) is 9.47 Å². The first-order valence-electron chi connectivity index (χ1n) is 11.6. The number of piperazine rings is 1. The zero-order valence-electron chi connectivity index (χ0n) is 20.5. The molecular weight excluding hydrogens is 482 g/mol. The predicted octanol–water partition coefficient (Wildman–Crippen LogP) is 2.06. The minimum atomic E-state index is -1.14. The van der Waals surface area contributed by atoms with Crippen LogP contribution in [0.15, 0.2) is 42.7 Å². The molecule has 3 aromatic rings. The molecular formula is C24H27N7O6. The maximum absolute atomic E-state index is 12.5. The fraction of sp³-hybridized carbons (Fsp3) is 0.333. The van der Waals surface area contributed by atoms with Crippen LogP contribution >= 0.6 is 0 Å². The smallest absolute Gasteiger partial charge is 0.416 e. The molecule has 3 N–H and O–H groups in total. The van der Waals surface area contributed by atoms with Crippen molar-refractivity contribution in [3.63, 3.8) is 0 Å². The highest BCUT2D eigenvalue weighted by Gasteiger charge is 2.23. The van der Waals surface area contributed by atoms with Gasteiger partial charge in [0.1, 0.15) is 11.4 Å². The molecule has 37 heavy (non-hydrogen) atoms. The van der Waals surface area contributed by atoms with Gasteiger partial charge in [0.15, 0.2) is 5.82 Å². The van der Waals surface area contributed by atoms with Crippen molar-refractivity contribution in [2.45, 2.75) is 27.1 Å². The van der Waals surface area contributed by atoms with E-state index in [1.54, 1.807) is 49.2 Å². The van der Waals surface area contributed by atoms with Gasteiger partial charge in [0, 0.05) is 25.6 Å². The number of aromatic nitrogens is 4. The van der Waals surface area contributed by atoms with Crippen molar-refractivity contribution in [1.82, 2.24) is 25.3 Å². The van der Waals surface area contributed by atoms with Crippen molar-refractivity contribution < 1.29 is 29.0 Å². The summed E-state index contributed by atoms with van der Waals surface area (Å²) in [7, 11) is 0. The largest absolute Gasteiger partial charge is 0.507 e. The Balaban J connectivity index is 1.64. The molecule has 1 unspecified atom stereocenters. The monoisotopic (exact) mass is 509 g/mol. The summed E-state index contributed by atoms with van der Waals surface area (Å²) in [6, 6.07) is 8.18. The molecule has 1 atom stereocenters. The Morgan fingerprint density at radius 3 is 2.68 bits per heavy atom. The number of amides is 2. The lowest BCUT2D eigenvalue weighted by atomic mass is 10.1. The summed E-state index contributed by atoms with van der Waals surface area (Å²) in [6.07, 6.45) is 1.08. The second kappa shape index (κ2) is 11.0. The van der Waals surface area contributed by atoms with Crippen LogP contribution in [0.3, 0.4) is 0 Å². The number of nitrogens with zero attached hydrogens (tertiary/aromatic N) is 5. The molecule has 3 heterocycles. The van der Waals surface area contributed by atoms with Crippen LogP contribution in [0.4, 0.5) is 16.3 Å². The number of nitrogens with one attached hydrogen (secondary N) is 2. The number of anilines is 2. The Morgan fingerprint density at radius 2 is 1.95 bits per heavy atom. The lowest BCUT2D eigenvalue weighted by Crippen LogP contribution is -2.48. The van der Waals surface area contributed by atoms with Gasteiger partial charge in [-0.3, -0.25) is 14.9 Å². The Bertz CT molecular complexity index is 1310. The Morgan fingerprint density at radius 1 is 1.16 bits per heavy atom. The van der Waals surface area contributed by atoms with E-state index in [0.717, 1.165) is 0 Å². The molecule has 1 aliphatic rings. The van der Waals surface area contributed by atoms with Crippen molar-refractivity contribution in [1.29, 1.82) is 0 Å². The molecule has 13 heteroatoms. The van der Waals surface area contributed by atoms with Gasteiger partial charge in [-0.15, -0.1) is 10.2 Å². The molecule has 2 aromatic heterocycles. The summed E-state index contributed by atoms with van der Waals surface area (Å²) in [5.41, 5.74) is 1.60. The van der Waals surface area contributed by atoms with Crippen LogP contribution in [0, 0.1) is 5.92 Å². The number of esters is 1. The molecule has 1 aromatic carbocycles. The van der Waals surface area contributed by atoms with E-state index in [-0.39, 0.29) is 29.9 Å². The van der Waals surface area contributed by atoms with Gasteiger partial charge in [0.2, 0.25) is 12.2 Å². The van der Waals surface area contributed by atoms with E-state index in [9.17, 15) is 19.5 Å². The number of aromatic hydroxyl groups is 1. The molecule has 4 rings (SSSR count). The Hall–Kier alpha value is -4.52. The SMILES string of the molecule is CC(OC(=O)Nc1nnc(-c2ccccc2O)cc1-n1cc(N2CCNCC2=O)cn1)OC(=O)C(C)C. The molecule has 1 saturated heterocycles. The number of hydrogen-bond donors (Lipinski definition) is 3. The van der Waals surface area contributed by atoms with Crippen LogP contribution < -0.4 is 15.5 Å². The first kappa shape index (κ1) is 25.6. The van der Waals surface area contributed by atoms with Gasteiger partial charge in [-0.1, -0.05) is 26.0 Å². The summed E-state index contributed by atoms with van der Waals surface area (Å²) < 4.78 is 11.6. The Kier molecular flexibility index (Phi) is 7.63. The number of rotatable bonds is 7. The standard InChI is InChI=1S/C24H27N7O6/c1-14(2)23(34)36-15(3)37-24(35)27-22-19(10-18(28-29-22)17-6-4-5-7-20(17)32)31-13-16(11-26-31)30-9-8-25-12-21(30)33/h4-7,10-11,13-15,25,32H,8-9,12H2,1-3H3,(H,27,29,35). The van der Waals surface area contributed by atoms with Crippen LogP contribution in [0.1, 0.15) is 20.8 Å². The van der Waals surface area contributed by atoms with E-state index in [2.05, 4.69) is 25.9 Å². The summed E-state index contributed by atoms with van der Waals surface area (Å²) in [5.74, 6) is -1.01. The summed E-state index contributed by atoms with van der Waals surface area (Å²) in [4.78, 5) is 38.2. The molecule has 0 bridgehead atoms. The van der Waals surface area contributed by atoms with E-state index in [0.29, 0.717) is 35.7 Å². The second-order valence-electron chi connectivity index (χ2n) is 8.54. The molecule has 0 radical (unpaired) electrons. The minimum Gasteiger partial charge on any atom is -0.507 e. The lowest BCUT2D eigenvalue weighted by molar-refractivity contribution is -0.168. The van der Waals surface area contributed by atoms with Gasteiger partial charge in [0.25, 0.3) is 0 Å². The fourth-order valence-corrected chi connectivity index (χ4v) is 3.53. The normalized spacial score (nSPS) is 14.4. The molecule has 194 valence electrons. The van der Waals surface area contributed by atoms with Crippen molar-refractivity contribution in [3.05, 3.63) is 42.7 Å². The zero-order chi connectivity index (χ0) is 26.5. The van der Waals surface area contributed by atoms with Gasteiger partial charge >= 0.3 is 12.1 Å². The zero-order valence-corrected chi connectivity index (χ0v) is 20.5. The number of benzene rings is 1. The first-order valence-corrected chi connectivity index (χ1v) is 11.6. The van der Waals surface area contributed by atoms with Gasteiger partial charge in [-0.25, -0.2) is 9.48 Å². The van der Waals surface area contributed by atoms with Crippen LogP contribution in [0.25, 0.3) is 16.9 Å². The van der Waals surface area contributed by atoms with E-state index < -0.39 is 18.4 Å². The van der Waals surface area contributed by atoms with E-state index in [1.807, 2.05) is 0 Å². The fourth-order valence-electron chi connectivity index (χ4n) is 3.53. The average molecular weight is 510 g/mol.